The smallest absolute Gasteiger partial charge is 0.251 e. The van der Waals surface area contributed by atoms with Crippen LogP contribution in [-0.4, -0.2) is 18.0 Å². The van der Waals surface area contributed by atoms with Gasteiger partial charge in [0.2, 0.25) is 15.9 Å². The Kier molecular flexibility index (Phi) is 3.63. The molecule has 2 aromatic heterocycles. The molecule has 23 heavy (non-hydrogen) atoms. The first kappa shape index (κ1) is 15.2. The minimum absolute atomic E-state index is 0.00119. The van der Waals surface area contributed by atoms with E-state index in [1.807, 2.05) is 0 Å². The highest BCUT2D eigenvalue weighted by atomic mass is 32.2. The molecule has 0 atom stereocenters. The van der Waals surface area contributed by atoms with Crippen molar-refractivity contribution < 1.29 is 13.2 Å². The number of aromatic nitrogens is 2. The lowest BCUT2D eigenvalue weighted by Crippen LogP contribution is -2.16. The number of sulfonamides is 1. The molecule has 0 radical (unpaired) electrons. The zero-order valence-electron chi connectivity index (χ0n) is 12.1. The molecule has 0 bridgehead atoms. The van der Waals surface area contributed by atoms with Crippen molar-refractivity contribution in [1.82, 2.24) is 9.55 Å². The predicted octanol–water partition coefficient (Wildman–Crippen LogP) is 1.37. The second kappa shape index (κ2) is 5.49. The Bertz CT molecular complexity index is 1040. The molecular formula is C15H13N3O4S. The zero-order chi connectivity index (χ0) is 16.6. The van der Waals surface area contributed by atoms with Gasteiger partial charge in [0.25, 0.3) is 5.56 Å². The van der Waals surface area contributed by atoms with Crippen LogP contribution < -0.4 is 15.4 Å². The summed E-state index contributed by atoms with van der Waals surface area (Å²) < 4.78 is 29.4. The van der Waals surface area contributed by atoms with Crippen LogP contribution in [0.3, 0.4) is 0 Å². The first-order valence-electron chi connectivity index (χ1n) is 6.62. The van der Waals surface area contributed by atoms with Gasteiger partial charge in [-0.3, -0.25) is 9.36 Å². The van der Waals surface area contributed by atoms with E-state index in [0.29, 0.717) is 17.3 Å². The SMILES string of the molecule is Cn1c(=O)ccc2ccc(Oc3ccc(S(N)(=O)=O)cc3)nc21. The van der Waals surface area contributed by atoms with Gasteiger partial charge in [-0.1, -0.05) is 0 Å². The summed E-state index contributed by atoms with van der Waals surface area (Å²) in [5.41, 5.74) is 0.329. The van der Waals surface area contributed by atoms with Crippen LogP contribution >= 0.6 is 0 Å². The van der Waals surface area contributed by atoms with Gasteiger partial charge in [0.15, 0.2) is 0 Å². The molecule has 2 N–H and O–H groups in total. The average molecular weight is 331 g/mol. The third-order valence-corrected chi connectivity index (χ3v) is 4.24. The number of nitrogens with zero attached hydrogens (tertiary/aromatic N) is 2. The van der Waals surface area contributed by atoms with E-state index in [1.165, 1.54) is 34.9 Å². The van der Waals surface area contributed by atoms with Gasteiger partial charge < -0.3 is 4.74 Å². The normalized spacial score (nSPS) is 11.6. The van der Waals surface area contributed by atoms with Crippen molar-refractivity contribution in [3.8, 4) is 11.6 Å². The maximum atomic E-state index is 11.6. The molecule has 0 spiro atoms. The molecule has 0 unspecified atom stereocenters. The van der Waals surface area contributed by atoms with Crippen LogP contribution in [0.25, 0.3) is 11.0 Å². The monoisotopic (exact) mass is 331 g/mol. The zero-order valence-corrected chi connectivity index (χ0v) is 12.9. The first-order chi connectivity index (χ1) is 10.8. The van der Waals surface area contributed by atoms with Gasteiger partial charge in [-0.15, -0.1) is 0 Å². The fraction of sp³-hybridized carbons (Fsp3) is 0.0667. The minimum Gasteiger partial charge on any atom is -0.439 e. The number of hydrogen-bond donors (Lipinski definition) is 1. The summed E-state index contributed by atoms with van der Waals surface area (Å²) in [6.45, 7) is 0. The topological polar surface area (TPSA) is 104 Å². The van der Waals surface area contributed by atoms with E-state index in [4.69, 9.17) is 9.88 Å². The summed E-state index contributed by atoms with van der Waals surface area (Å²) in [6.07, 6.45) is 0. The number of primary sulfonamides is 1. The first-order valence-corrected chi connectivity index (χ1v) is 8.17. The number of fused-ring (bicyclic) bond motifs is 1. The second-order valence-corrected chi connectivity index (χ2v) is 6.47. The van der Waals surface area contributed by atoms with Crippen LogP contribution in [0.5, 0.6) is 11.6 Å². The highest BCUT2D eigenvalue weighted by molar-refractivity contribution is 7.89. The van der Waals surface area contributed by atoms with Gasteiger partial charge in [0.1, 0.15) is 11.4 Å². The molecule has 7 nitrogen and oxygen atoms in total. The predicted molar refractivity (Wildman–Crippen MR) is 84.9 cm³/mol. The molecule has 8 heteroatoms. The minimum atomic E-state index is -3.74. The molecule has 0 amide bonds. The van der Waals surface area contributed by atoms with E-state index in [-0.39, 0.29) is 10.5 Å². The lowest BCUT2D eigenvalue weighted by atomic mass is 10.3. The molecule has 0 saturated heterocycles. The van der Waals surface area contributed by atoms with Gasteiger partial charge in [0, 0.05) is 24.6 Å². The van der Waals surface area contributed by atoms with Crippen molar-refractivity contribution in [2.45, 2.75) is 4.90 Å². The number of pyridine rings is 2. The largest absolute Gasteiger partial charge is 0.439 e. The Hall–Kier alpha value is -2.71. The molecule has 0 aliphatic heterocycles. The maximum absolute atomic E-state index is 11.6. The molecule has 2 heterocycles. The van der Waals surface area contributed by atoms with Crippen LogP contribution in [0, 0.1) is 0 Å². The second-order valence-electron chi connectivity index (χ2n) is 4.91. The fourth-order valence-electron chi connectivity index (χ4n) is 2.09. The quantitative estimate of drug-likeness (QED) is 0.780. The number of nitrogens with two attached hydrogens (primary N) is 1. The van der Waals surface area contributed by atoms with E-state index in [2.05, 4.69) is 4.98 Å². The van der Waals surface area contributed by atoms with E-state index >= 15 is 0 Å². The molecule has 0 saturated carbocycles. The van der Waals surface area contributed by atoms with E-state index in [1.54, 1.807) is 25.2 Å². The fourth-order valence-corrected chi connectivity index (χ4v) is 2.61. The number of rotatable bonds is 3. The molecular weight excluding hydrogens is 318 g/mol. The number of hydrogen-bond acceptors (Lipinski definition) is 5. The number of ether oxygens (including phenoxy) is 1. The number of aryl methyl sites for hydroxylation is 1. The van der Waals surface area contributed by atoms with Crippen molar-refractivity contribution >= 4 is 21.1 Å². The Labute approximate surface area is 132 Å². The standard InChI is InChI=1S/C15H13N3O4S/c1-18-14(19)9-3-10-2-8-13(17-15(10)18)22-11-4-6-12(7-5-11)23(16,20)21/h2-9H,1H3,(H2,16,20,21). The summed E-state index contributed by atoms with van der Waals surface area (Å²) in [5, 5.41) is 5.85. The Morgan fingerprint density at radius 1 is 1.04 bits per heavy atom. The summed E-state index contributed by atoms with van der Waals surface area (Å²) >= 11 is 0. The van der Waals surface area contributed by atoms with Gasteiger partial charge in [-0.25, -0.2) is 13.6 Å². The Morgan fingerprint density at radius 3 is 2.35 bits per heavy atom. The van der Waals surface area contributed by atoms with Crippen molar-refractivity contribution in [1.29, 1.82) is 0 Å². The maximum Gasteiger partial charge on any atom is 0.251 e. The molecule has 118 valence electrons. The van der Waals surface area contributed by atoms with Gasteiger partial charge in [0.05, 0.1) is 4.90 Å². The number of benzene rings is 1. The van der Waals surface area contributed by atoms with E-state index in [9.17, 15) is 13.2 Å². The Morgan fingerprint density at radius 2 is 1.70 bits per heavy atom. The molecule has 1 aromatic carbocycles. The Balaban J connectivity index is 1.95. The van der Waals surface area contributed by atoms with Crippen LogP contribution in [0.4, 0.5) is 0 Å². The van der Waals surface area contributed by atoms with Crippen LogP contribution in [0.1, 0.15) is 0 Å². The lowest BCUT2D eigenvalue weighted by Gasteiger charge is -2.08. The van der Waals surface area contributed by atoms with Crippen molar-refractivity contribution in [2.75, 3.05) is 0 Å². The van der Waals surface area contributed by atoms with Gasteiger partial charge >= 0.3 is 0 Å². The van der Waals surface area contributed by atoms with Crippen molar-refractivity contribution in [2.24, 2.45) is 12.2 Å². The average Bonchev–Trinajstić information content (AvgIpc) is 2.51. The highest BCUT2D eigenvalue weighted by Gasteiger charge is 2.08. The molecule has 0 aliphatic rings. The molecule has 0 fully saturated rings. The third-order valence-electron chi connectivity index (χ3n) is 3.31. The van der Waals surface area contributed by atoms with Crippen molar-refractivity contribution in [3.63, 3.8) is 0 Å². The van der Waals surface area contributed by atoms with Gasteiger partial charge in [-0.2, -0.15) is 4.98 Å². The van der Waals surface area contributed by atoms with Gasteiger partial charge in [-0.05, 0) is 36.4 Å². The van der Waals surface area contributed by atoms with Crippen molar-refractivity contribution in [3.05, 3.63) is 58.9 Å². The molecule has 3 rings (SSSR count). The third kappa shape index (κ3) is 3.08. The van der Waals surface area contributed by atoms with Crippen LogP contribution in [-0.2, 0) is 17.1 Å². The van der Waals surface area contributed by atoms with Crippen LogP contribution in [0.15, 0.2) is 58.2 Å². The summed E-state index contributed by atoms with van der Waals surface area (Å²) in [5.74, 6) is 0.701. The van der Waals surface area contributed by atoms with Crippen LogP contribution in [0.2, 0.25) is 0 Å². The van der Waals surface area contributed by atoms with E-state index < -0.39 is 10.0 Å². The lowest BCUT2D eigenvalue weighted by molar-refractivity contribution is 0.463. The molecule has 0 aliphatic carbocycles. The molecule has 3 aromatic rings. The summed E-state index contributed by atoms with van der Waals surface area (Å²) in [4.78, 5) is 15.9. The van der Waals surface area contributed by atoms with E-state index in [0.717, 1.165) is 5.39 Å². The summed E-state index contributed by atoms with van der Waals surface area (Å²) in [6, 6.07) is 12.3. The highest BCUT2D eigenvalue weighted by Crippen LogP contribution is 2.22. The summed E-state index contributed by atoms with van der Waals surface area (Å²) in [7, 11) is -2.11.